The summed E-state index contributed by atoms with van der Waals surface area (Å²) >= 11 is 0. The van der Waals surface area contributed by atoms with E-state index in [1.165, 1.54) is 0 Å². The van der Waals surface area contributed by atoms with Crippen LogP contribution in [0.2, 0.25) is 0 Å². The van der Waals surface area contributed by atoms with Gasteiger partial charge in [-0.2, -0.15) is 0 Å². The molecule has 0 spiro atoms. The first-order valence-electron chi connectivity index (χ1n) is 5.87. The van der Waals surface area contributed by atoms with Crippen LogP contribution in [0.15, 0.2) is 5.16 Å². The molecule has 6 nitrogen and oxygen atoms in total. The maximum absolute atomic E-state index is 9.84. The van der Waals surface area contributed by atoms with E-state index in [9.17, 15) is 5.11 Å². The normalized spacial score (nSPS) is 47.8. The van der Waals surface area contributed by atoms with Gasteiger partial charge < -0.3 is 24.2 Å². The maximum atomic E-state index is 9.84. The van der Waals surface area contributed by atoms with E-state index in [0.29, 0.717) is 12.3 Å². The number of ether oxygens (including phenoxy) is 3. The van der Waals surface area contributed by atoms with Crippen LogP contribution in [0.5, 0.6) is 0 Å². The second kappa shape index (κ2) is 3.65. The number of hydrogen-bond acceptors (Lipinski definition) is 6. The third kappa shape index (κ3) is 1.76. The van der Waals surface area contributed by atoms with Gasteiger partial charge in [-0.3, -0.25) is 0 Å². The molecule has 0 bridgehead atoms. The van der Waals surface area contributed by atoms with E-state index in [0.717, 1.165) is 0 Å². The van der Waals surface area contributed by atoms with Crippen molar-refractivity contribution in [1.29, 1.82) is 0 Å². The lowest BCUT2D eigenvalue weighted by molar-refractivity contribution is -0.131. The van der Waals surface area contributed by atoms with Crippen molar-refractivity contribution in [3.05, 3.63) is 0 Å². The highest BCUT2D eigenvalue weighted by Gasteiger charge is 2.53. The summed E-state index contributed by atoms with van der Waals surface area (Å²) in [6, 6.07) is 0. The molecule has 6 heteroatoms. The zero-order valence-corrected chi connectivity index (χ0v) is 10.1. The molecule has 0 radical (unpaired) electrons. The Bertz CT molecular complexity index is 356. The lowest BCUT2D eigenvalue weighted by Gasteiger charge is -2.18. The van der Waals surface area contributed by atoms with Crippen molar-refractivity contribution in [3.63, 3.8) is 0 Å². The first kappa shape index (κ1) is 11.4. The van der Waals surface area contributed by atoms with Crippen molar-refractivity contribution >= 4 is 5.71 Å². The number of nitrogens with zero attached hydrogens (tertiary/aromatic N) is 1. The van der Waals surface area contributed by atoms with Gasteiger partial charge in [0.05, 0.1) is 12.7 Å². The summed E-state index contributed by atoms with van der Waals surface area (Å²) in [5.74, 6) is -0.603. The zero-order chi connectivity index (χ0) is 12.2. The molecule has 0 aliphatic carbocycles. The van der Waals surface area contributed by atoms with E-state index >= 15 is 0 Å². The molecule has 3 aliphatic rings. The third-order valence-corrected chi connectivity index (χ3v) is 3.39. The van der Waals surface area contributed by atoms with Crippen molar-refractivity contribution in [1.82, 2.24) is 0 Å². The average Bonchev–Trinajstić information content (AvgIpc) is 2.86. The van der Waals surface area contributed by atoms with Gasteiger partial charge in [0, 0.05) is 0 Å². The van der Waals surface area contributed by atoms with Gasteiger partial charge in [-0.05, 0) is 20.8 Å². The Balaban J connectivity index is 1.74. The molecule has 5 atom stereocenters. The minimum atomic E-state index is -0.642. The van der Waals surface area contributed by atoms with E-state index in [1.807, 2.05) is 20.8 Å². The van der Waals surface area contributed by atoms with Gasteiger partial charge in [0.1, 0.15) is 24.0 Å². The summed E-state index contributed by atoms with van der Waals surface area (Å²) in [4.78, 5) is 5.23. The Morgan fingerprint density at radius 3 is 2.82 bits per heavy atom. The van der Waals surface area contributed by atoms with Gasteiger partial charge in [-0.15, -0.1) is 0 Å². The fourth-order valence-corrected chi connectivity index (χ4v) is 2.44. The lowest BCUT2D eigenvalue weighted by atomic mass is 10.0. The summed E-state index contributed by atoms with van der Waals surface area (Å²) in [6.45, 7) is 5.97. The predicted octanol–water partition coefficient (Wildman–Crippen LogP) is 0.0409. The van der Waals surface area contributed by atoms with Crippen LogP contribution < -0.4 is 0 Å². The Morgan fingerprint density at radius 2 is 2.18 bits per heavy atom. The van der Waals surface area contributed by atoms with Gasteiger partial charge in [0.15, 0.2) is 11.9 Å². The molecular weight excluding hydrogens is 226 g/mol. The second-order valence-corrected chi connectivity index (χ2v) is 5.16. The van der Waals surface area contributed by atoms with Crippen molar-refractivity contribution in [2.45, 2.75) is 57.1 Å². The fraction of sp³-hybridized carbons (Fsp3) is 0.909. The fourth-order valence-electron chi connectivity index (χ4n) is 2.44. The van der Waals surface area contributed by atoms with E-state index in [4.69, 9.17) is 19.0 Å². The Hall–Kier alpha value is -0.690. The van der Waals surface area contributed by atoms with Crippen LogP contribution in [0.25, 0.3) is 0 Å². The average molecular weight is 243 g/mol. The minimum Gasteiger partial charge on any atom is -0.386 e. The third-order valence-electron chi connectivity index (χ3n) is 3.39. The van der Waals surface area contributed by atoms with Gasteiger partial charge in [0.25, 0.3) is 0 Å². The topological polar surface area (TPSA) is 69.5 Å². The highest BCUT2D eigenvalue weighted by atomic mass is 16.7. The quantitative estimate of drug-likeness (QED) is 0.704. The molecule has 0 aromatic rings. The van der Waals surface area contributed by atoms with Crippen LogP contribution in [0.3, 0.4) is 0 Å². The first-order chi connectivity index (χ1) is 7.98. The van der Waals surface area contributed by atoms with Crippen LogP contribution in [-0.4, -0.2) is 53.7 Å². The summed E-state index contributed by atoms with van der Waals surface area (Å²) in [5, 5.41) is 13.8. The minimum absolute atomic E-state index is 0.245. The largest absolute Gasteiger partial charge is 0.386 e. The van der Waals surface area contributed by atoms with E-state index in [-0.39, 0.29) is 18.3 Å². The SMILES string of the molecule is C[C@@H]1O[C@H]2C([C@H]3COC(C)(C)O3)=NO[C@H]2[C@@H]1O. The molecule has 2 fully saturated rings. The molecule has 17 heavy (non-hydrogen) atoms. The Labute approximate surface area is 99.5 Å². The zero-order valence-electron chi connectivity index (χ0n) is 10.1. The van der Waals surface area contributed by atoms with Crippen molar-refractivity contribution in [2.24, 2.45) is 5.16 Å². The molecule has 0 aromatic heterocycles. The smallest absolute Gasteiger partial charge is 0.187 e. The van der Waals surface area contributed by atoms with Crippen molar-refractivity contribution < 1.29 is 24.2 Å². The van der Waals surface area contributed by atoms with Crippen LogP contribution in [0.4, 0.5) is 0 Å². The van der Waals surface area contributed by atoms with Crippen molar-refractivity contribution in [2.75, 3.05) is 6.61 Å². The molecule has 0 unspecified atom stereocenters. The second-order valence-electron chi connectivity index (χ2n) is 5.16. The number of oxime groups is 1. The number of aliphatic hydroxyl groups excluding tert-OH is 1. The molecular formula is C11H17NO5. The van der Waals surface area contributed by atoms with Gasteiger partial charge >= 0.3 is 0 Å². The summed E-state index contributed by atoms with van der Waals surface area (Å²) in [5.41, 5.74) is 0.684. The highest BCUT2D eigenvalue weighted by Crippen LogP contribution is 2.33. The summed E-state index contributed by atoms with van der Waals surface area (Å²) < 4.78 is 16.9. The highest BCUT2D eigenvalue weighted by molar-refractivity contribution is 5.94. The maximum Gasteiger partial charge on any atom is 0.187 e. The Morgan fingerprint density at radius 1 is 1.41 bits per heavy atom. The molecule has 2 saturated heterocycles. The summed E-state index contributed by atoms with van der Waals surface area (Å²) in [7, 11) is 0. The first-order valence-corrected chi connectivity index (χ1v) is 5.87. The van der Waals surface area contributed by atoms with Gasteiger partial charge in [-0.25, -0.2) is 0 Å². The molecule has 96 valence electrons. The van der Waals surface area contributed by atoms with E-state index in [1.54, 1.807) is 0 Å². The lowest BCUT2D eigenvalue weighted by Crippen LogP contribution is -2.38. The molecule has 3 aliphatic heterocycles. The van der Waals surface area contributed by atoms with Crippen molar-refractivity contribution in [3.8, 4) is 0 Å². The van der Waals surface area contributed by atoms with Crippen LogP contribution in [0.1, 0.15) is 20.8 Å². The predicted molar refractivity (Wildman–Crippen MR) is 57.6 cm³/mol. The molecule has 0 aromatic carbocycles. The van der Waals surface area contributed by atoms with E-state index < -0.39 is 18.0 Å². The van der Waals surface area contributed by atoms with E-state index in [2.05, 4.69) is 5.16 Å². The standard InChI is InChI=1S/C11H17NO5/c1-5-8(13)10-9(15-5)7(12-17-10)6-4-14-11(2,3)16-6/h5-6,8-10,13H,4H2,1-3H3/t5-,6+,8+,9-,10-/m0/s1. The van der Waals surface area contributed by atoms with Crippen LogP contribution >= 0.6 is 0 Å². The number of fused-ring (bicyclic) bond motifs is 1. The number of aliphatic hydroxyl groups is 1. The molecule has 3 heterocycles. The monoisotopic (exact) mass is 243 g/mol. The molecule has 0 amide bonds. The van der Waals surface area contributed by atoms with Crippen LogP contribution in [-0.2, 0) is 19.0 Å². The number of hydrogen-bond donors (Lipinski definition) is 1. The Kier molecular flexibility index (Phi) is 2.45. The summed E-state index contributed by atoms with van der Waals surface area (Å²) in [6.07, 6.45) is -1.87. The molecule has 0 saturated carbocycles. The van der Waals surface area contributed by atoms with Crippen LogP contribution in [0, 0.1) is 0 Å². The number of rotatable bonds is 1. The molecule has 3 rings (SSSR count). The van der Waals surface area contributed by atoms with Gasteiger partial charge in [0.2, 0.25) is 0 Å². The molecule has 1 N–H and O–H groups in total. The van der Waals surface area contributed by atoms with Gasteiger partial charge in [-0.1, -0.05) is 5.16 Å².